The van der Waals surface area contributed by atoms with Gasteiger partial charge in [0.2, 0.25) is 0 Å². The lowest BCUT2D eigenvalue weighted by Crippen LogP contribution is -2.44. The summed E-state index contributed by atoms with van der Waals surface area (Å²) < 4.78 is 0. The SMILES string of the molecule is O=C([C@@H](O)Cc1ccccc1)N1CCC(c2ccncn2)CC1. The number of aliphatic hydroxyl groups is 1. The quantitative estimate of drug-likeness (QED) is 0.935. The van der Waals surface area contributed by atoms with E-state index in [2.05, 4.69) is 9.97 Å². The fourth-order valence-electron chi connectivity index (χ4n) is 3.07. The first-order valence-electron chi connectivity index (χ1n) is 8.00. The van der Waals surface area contributed by atoms with Gasteiger partial charge in [-0.2, -0.15) is 0 Å². The van der Waals surface area contributed by atoms with Crippen LogP contribution in [0.1, 0.15) is 30.0 Å². The maximum absolute atomic E-state index is 12.4. The summed E-state index contributed by atoms with van der Waals surface area (Å²) in [5.74, 6) is 0.198. The van der Waals surface area contributed by atoms with E-state index < -0.39 is 6.10 Å². The van der Waals surface area contributed by atoms with Crippen molar-refractivity contribution >= 4 is 5.91 Å². The van der Waals surface area contributed by atoms with E-state index in [1.807, 2.05) is 36.4 Å². The van der Waals surface area contributed by atoms with E-state index in [0.29, 0.717) is 25.4 Å². The molecule has 1 atom stereocenters. The highest BCUT2D eigenvalue weighted by atomic mass is 16.3. The Bertz CT molecular complexity index is 625. The predicted octanol–water partition coefficient (Wildman–Crippen LogP) is 1.79. The molecule has 0 aliphatic carbocycles. The fraction of sp³-hybridized carbons (Fsp3) is 0.389. The molecule has 1 N–H and O–H groups in total. The van der Waals surface area contributed by atoms with Gasteiger partial charge >= 0.3 is 0 Å². The summed E-state index contributed by atoms with van der Waals surface area (Å²) >= 11 is 0. The average Bonchev–Trinajstić information content (AvgIpc) is 2.63. The van der Waals surface area contributed by atoms with Crippen molar-refractivity contribution in [3.8, 4) is 0 Å². The number of piperidine rings is 1. The topological polar surface area (TPSA) is 66.3 Å². The summed E-state index contributed by atoms with van der Waals surface area (Å²) in [6, 6.07) is 11.6. The highest BCUT2D eigenvalue weighted by Gasteiger charge is 2.28. The molecule has 2 aromatic rings. The van der Waals surface area contributed by atoms with Crippen LogP contribution in [-0.4, -0.2) is 45.1 Å². The number of aromatic nitrogens is 2. The molecule has 2 heterocycles. The van der Waals surface area contributed by atoms with Crippen LogP contribution in [-0.2, 0) is 11.2 Å². The molecule has 0 saturated carbocycles. The van der Waals surface area contributed by atoms with Gasteiger partial charge in [-0.15, -0.1) is 0 Å². The highest BCUT2D eigenvalue weighted by Crippen LogP contribution is 2.26. The molecule has 0 radical (unpaired) electrons. The number of nitrogens with zero attached hydrogens (tertiary/aromatic N) is 3. The number of likely N-dealkylation sites (tertiary alicyclic amines) is 1. The fourth-order valence-corrected chi connectivity index (χ4v) is 3.07. The standard InChI is InChI=1S/C18H21N3O2/c22-17(12-14-4-2-1-3-5-14)18(23)21-10-7-15(8-11-21)16-6-9-19-13-20-16/h1-6,9,13,15,17,22H,7-8,10-12H2/t17-/m0/s1. The summed E-state index contributed by atoms with van der Waals surface area (Å²) in [4.78, 5) is 22.4. The van der Waals surface area contributed by atoms with Crippen molar-refractivity contribution in [2.75, 3.05) is 13.1 Å². The molecule has 1 aliphatic heterocycles. The van der Waals surface area contributed by atoms with Gasteiger partial charge in [-0.1, -0.05) is 30.3 Å². The largest absolute Gasteiger partial charge is 0.383 e. The summed E-state index contributed by atoms with van der Waals surface area (Å²) in [5, 5.41) is 10.2. The van der Waals surface area contributed by atoms with Gasteiger partial charge in [0.25, 0.3) is 5.91 Å². The number of amides is 1. The highest BCUT2D eigenvalue weighted by molar-refractivity contribution is 5.81. The molecule has 1 aliphatic rings. The Morgan fingerprint density at radius 1 is 1.22 bits per heavy atom. The Morgan fingerprint density at radius 2 is 1.96 bits per heavy atom. The first-order valence-corrected chi connectivity index (χ1v) is 8.00. The first-order chi connectivity index (χ1) is 11.2. The third kappa shape index (κ3) is 3.93. The van der Waals surface area contributed by atoms with Gasteiger partial charge in [-0.3, -0.25) is 4.79 Å². The van der Waals surface area contributed by atoms with Crippen molar-refractivity contribution in [2.24, 2.45) is 0 Å². The smallest absolute Gasteiger partial charge is 0.251 e. The summed E-state index contributed by atoms with van der Waals surface area (Å²) in [7, 11) is 0. The Morgan fingerprint density at radius 3 is 2.61 bits per heavy atom. The Kier molecular flexibility index (Phi) is 4.98. The van der Waals surface area contributed by atoms with Crippen LogP contribution in [0.4, 0.5) is 0 Å². The molecule has 1 aromatic heterocycles. The number of hydrogen-bond acceptors (Lipinski definition) is 4. The van der Waals surface area contributed by atoms with Gasteiger partial charge in [0.15, 0.2) is 0 Å². The minimum Gasteiger partial charge on any atom is -0.383 e. The van der Waals surface area contributed by atoms with Gasteiger partial charge in [0, 0.05) is 37.3 Å². The summed E-state index contributed by atoms with van der Waals surface area (Å²) in [6.07, 6.45) is 4.47. The van der Waals surface area contributed by atoms with Crippen LogP contribution in [0.5, 0.6) is 0 Å². The lowest BCUT2D eigenvalue weighted by Gasteiger charge is -2.33. The van der Waals surface area contributed by atoms with Crippen LogP contribution in [0, 0.1) is 0 Å². The molecule has 0 unspecified atom stereocenters. The van der Waals surface area contributed by atoms with Gasteiger partial charge in [0.1, 0.15) is 12.4 Å². The maximum Gasteiger partial charge on any atom is 0.251 e. The van der Waals surface area contributed by atoms with Crippen molar-refractivity contribution in [3.63, 3.8) is 0 Å². The van der Waals surface area contributed by atoms with Crippen LogP contribution < -0.4 is 0 Å². The maximum atomic E-state index is 12.4. The van der Waals surface area contributed by atoms with E-state index in [9.17, 15) is 9.90 Å². The second-order valence-corrected chi connectivity index (χ2v) is 5.94. The minimum absolute atomic E-state index is 0.171. The Hall–Kier alpha value is -2.27. The van der Waals surface area contributed by atoms with Crippen LogP contribution >= 0.6 is 0 Å². The number of carbonyl (C=O) groups is 1. The minimum atomic E-state index is -0.965. The molecule has 1 fully saturated rings. The van der Waals surface area contributed by atoms with Crippen molar-refractivity contribution in [1.82, 2.24) is 14.9 Å². The van der Waals surface area contributed by atoms with Gasteiger partial charge in [-0.05, 0) is 24.5 Å². The van der Waals surface area contributed by atoms with Gasteiger partial charge < -0.3 is 10.0 Å². The van der Waals surface area contributed by atoms with Gasteiger partial charge in [0.05, 0.1) is 0 Å². The number of hydrogen-bond donors (Lipinski definition) is 1. The molecule has 1 saturated heterocycles. The van der Waals surface area contributed by atoms with E-state index in [1.165, 1.54) is 0 Å². The Balaban J connectivity index is 1.54. The average molecular weight is 311 g/mol. The predicted molar refractivity (Wildman–Crippen MR) is 86.7 cm³/mol. The number of aliphatic hydroxyl groups excluding tert-OH is 1. The van der Waals surface area contributed by atoms with Crippen LogP contribution in [0.2, 0.25) is 0 Å². The molecule has 0 bridgehead atoms. The molecule has 1 aromatic carbocycles. The second kappa shape index (κ2) is 7.33. The van der Waals surface area contributed by atoms with Crippen LogP contribution in [0.3, 0.4) is 0 Å². The lowest BCUT2D eigenvalue weighted by molar-refractivity contribution is -0.141. The van der Waals surface area contributed by atoms with E-state index in [-0.39, 0.29) is 5.91 Å². The van der Waals surface area contributed by atoms with E-state index in [1.54, 1.807) is 17.4 Å². The third-order valence-electron chi connectivity index (χ3n) is 4.39. The Labute approximate surface area is 136 Å². The van der Waals surface area contributed by atoms with Crippen LogP contribution in [0.25, 0.3) is 0 Å². The van der Waals surface area contributed by atoms with E-state index >= 15 is 0 Å². The lowest BCUT2D eigenvalue weighted by atomic mass is 9.93. The normalized spacial score (nSPS) is 17.0. The molecular weight excluding hydrogens is 290 g/mol. The number of rotatable bonds is 4. The molecular formula is C18H21N3O2. The molecule has 5 nitrogen and oxygen atoms in total. The zero-order valence-corrected chi connectivity index (χ0v) is 13.0. The van der Waals surface area contributed by atoms with Crippen molar-refractivity contribution < 1.29 is 9.90 Å². The molecule has 23 heavy (non-hydrogen) atoms. The summed E-state index contributed by atoms with van der Waals surface area (Å²) in [6.45, 7) is 1.33. The van der Waals surface area contributed by atoms with Gasteiger partial charge in [-0.25, -0.2) is 9.97 Å². The zero-order chi connectivity index (χ0) is 16.1. The van der Waals surface area contributed by atoms with Crippen molar-refractivity contribution in [3.05, 3.63) is 60.2 Å². The number of benzene rings is 1. The number of carbonyl (C=O) groups excluding carboxylic acids is 1. The van der Waals surface area contributed by atoms with E-state index in [0.717, 1.165) is 24.1 Å². The van der Waals surface area contributed by atoms with Crippen molar-refractivity contribution in [2.45, 2.75) is 31.3 Å². The zero-order valence-electron chi connectivity index (χ0n) is 13.0. The summed E-state index contributed by atoms with van der Waals surface area (Å²) in [5.41, 5.74) is 2.01. The molecule has 0 spiro atoms. The molecule has 3 rings (SSSR count). The van der Waals surface area contributed by atoms with Crippen molar-refractivity contribution in [1.29, 1.82) is 0 Å². The molecule has 120 valence electrons. The van der Waals surface area contributed by atoms with Crippen LogP contribution in [0.15, 0.2) is 48.9 Å². The third-order valence-corrected chi connectivity index (χ3v) is 4.39. The molecule has 1 amide bonds. The van der Waals surface area contributed by atoms with E-state index in [4.69, 9.17) is 0 Å². The molecule has 5 heteroatoms. The second-order valence-electron chi connectivity index (χ2n) is 5.94. The first kappa shape index (κ1) is 15.6. The monoisotopic (exact) mass is 311 g/mol.